The number of nitrogens with zero attached hydrogens (tertiary/aromatic N) is 1. The van der Waals surface area contributed by atoms with Crippen LogP contribution < -0.4 is 10.1 Å². The Morgan fingerprint density at radius 1 is 1.12 bits per heavy atom. The van der Waals surface area contributed by atoms with Crippen LogP contribution in [0.5, 0.6) is 5.75 Å². The van der Waals surface area contributed by atoms with Crippen molar-refractivity contribution in [3.8, 4) is 5.75 Å². The first-order valence-corrected chi connectivity index (χ1v) is 10.3. The summed E-state index contributed by atoms with van der Waals surface area (Å²) in [6.45, 7) is 8.42. The maximum absolute atomic E-state index is 12.9. The van der Waals surface area contributed by atoms with Crippen LogP contribution >= 0.6 is 0 Å². The van der Waals surface area contributed by atoms with Gasteiger partial charge in [0, 0.05) is 19.0 Å². The summed E-state index contributed by atoms with van der Waals surface area (Å²) < 4.78 is 33.0. The van der Waals surface area contributed by atoms with Crippen molar-refractivity contribution in [2.45, 2.75) is 58.0 Å². The fourth-order valence-corrected chi connectivity index (χ4v) is 4.20. The summed E-state index contributed by atoms with van der Waals surface area (Å²) >= 11 is 0. The van der Waals surface area contributed by atoms with Gasteiger partial charge in [-0.05, 0) is 44.9 Å². The lowest BCUT2D eigenvalue weighted by Crippen LogP contribution is -2.35. The molecular formula is C18H28N2O4S. The van der Waals surface area contributed by atoms with E-state index >= 15 is 0 Å². The topological polar surface area (TPSA) is 75.7 Å². The second kappa shape index (κ2) is 8.19. The van der Waals surface area contributed by atoms with Crippen molar-refractivity contribution in [3.05, 3.63) is 18.2 Å². The molecule has 1 aromatic rings. The number of anilines is 1. The van der Waals surface area contributed by atoms with Crippen molar-refractivity contribution < 1.29 is 17.9 Å². The van der Waals surface area contributed by atoms with Crippen LogP contribution in [-0.4, -0.2) is 37.8 Å². The highest BCUT2D eigenvalue weighted by molar-refractivity contribution is 7.89. The maximum Gasteiger partial charge on any atom is 0.243 e. The number of carbonyl (C=O) groups excluding carboxylic acids is 1. The number of piperidine rings is 1. The molecular weight excluding hydrogens is 340 g/mol. The third-order valence-corrected chi connectivity index (χ3v) is 5.94. The van der Waals surface area contributed by atoms with Crippen LogP contribution in [0.2, 0.25) is 0 Å². The minimum absolute atomic E-state index is 0.0840. The zero-order valence-corrected chi connectivity index (χ0v) is 16.2. The number of hydrogen-bond donors (Lipinski definition) is 1. The minimum atomic E-state index is -3.56. The Bertz CT molecular complexity index is 708. The first-order chi connectivity index (χ1) is 11.7. The molecule has 2 rings (SSSR count). The SMILES string of the molecule is CC(C)Oc1ccc(S(=O)(=O)N2CCCCC2)cc1NC(=O)C(C)C. The molecule has 0 spiro atoms. The fourth-order valence-electron chi connectivity index (χ4n) is 2.66. The molecule has 25 heavy (non-hydrogen) atoms. The Morgan fingerprint density at radius 2 is 1.76 bits per heavy atom. The van der Waals surface area contributed by atoms with E-state index in [1.165, 1.54) is 10.4 Å². The highest BCUT2D eigenvalue weighted by Gasteiger charge is 2.27. The van der Waals surface area contributed by atoms with Crippen LogP contribution in [0.1, 0.15) is 47.0 Å². The van der Waals surface area contributed by atoms with Gasteiger partial charge < -0.3 is 10.1 Å². The molecule has 7 heteroatoms. The highest BCUT2D eigenvalue weighted by atomic mass is 32.2. The summed E-state index contributed by atoms with van der Waals surface area (Å²) in [4.78, 5) is 12.3. The van der Waals surface area contributed by atoms with E-state index in [4.69, 9.17) is 4.74 Å². The Hall–Kier alpha value is -1.60. The van der Waals surface area contributed by atoms with E-state index in [0.717, 1.165) is 19.3 Å². The van der Waals surface area contributed by atoms with E-state index in [2.05, 4.69) is 5.32 Å². The maximum atomic E-state index is 12.9. The van der Waals surface area contributed by atoms with Crippen LogP contribution in [-0.2, 0) is 14.8 Å². The summed E-state index contributed by atoms with van der Waals surface area (Å²) in [5.74, 6) is 0.0805. The van der Waals surface area contributed by atoms with Gasteiger partial charge in [0.2, 0.25) is 15.9 Å². The summed E-state index contributed by atoms with van der Waals surface area (Å²) in [6.07, 6.45) is 2.73. The molecule has 1 aromatic carbocycles. The van der Waals surface area contributed by atoms with Crippen LogP contribution in [0, 0.1) is 5.92 Å². The van der Waals surface area contributed by atoms with Gasteiger partial charge in [0.15, 0.2) is 0 Å². The number of nitrogens with one attached hydrogen (secondary N) is 1. The largest absolute Gasteiger partial charge is 0.489 e. The standard InChI is InChI=1S/C18H28N2O4S/c1-13(2)18(21)19-16-12-15(8-9-17(16)24-14(3)4)25(22,23)20-10-6-5-7-11-20/h8-9,12-14H,5-7,10-11H2,1-4H3,(H,19,21). The Morgan fingerprint density at radius 3 is 2.32 bits per heavy atom. The summed E-state index contributed by atoms with van der Waals surface area (Å²) in [5.41, 5.74) is 0.394. The molecule has 1 heterocycles. The second-order valence-corrected chi connectivity index (χ2v) is 8.87. The number of sulfonamides is 1. The fraction of sp³-hybridized carbons (Fsp3) is 0.611. The molecule has 1 N–H and O–H groups in total. The van der Waals surface area contributed by atoms with Gasteiger partial charge in [0.05, 0.1) is 16.7 Å². The Labute approximate surface area is 150 Å². The predicted molar refractivity (Wildman–Crippen MR) is 98.3 cm³/mol. The molecule has 6 nitrogen and oxygen atoms in total. The van der Waals surface area contributed by atoms with E-state index < -0.39 is 10.0 Å². The number of amides is 1. The third kappa shape index (κ3) is 4.95. The molecule has 1 aliphatic rings. The van der Waals surface area contributed by atoms with Crippen LogP contribution in [0.3, 0.4) is 0 Å². The minimum Gasteiger partial charge on any atom is -0.489 e. The van der Waals surface area contributed by atoms with E-state index in [9.17, 15) is 13.2 Å². The van der Waals surface area contributed by atoms with Gasteiger partial charge in [0.25, 0.3) is 0 Å². The van der Waals surface area contributed by atoms with Crippen molar-refractivity contribution in [3.63, 3.8) is 0 Å². The molecule has 0 aromatic heterocycles. The second-order valence-electron chi connectivity index (χ2n) is 6.93. The number of hydrogen-bond acceptors (Lipinski definition) is 4. The van der Waals surface area contributed by atoms with E-state index in [1.807, 2.05) is 13.8 Å². The van der Waals surface area contributed by atoms with Gasteiger partial charge >= 0.3 is 0 Å². The predicted octanol–water partition coefficient (Wildman–Crippen LogP) is 3.24. The number of carbonyl (C=O) groups is 1. The van der Waals surface area contributed by atoms with Crippen molar-refractivity contribution in [1.82, 2.24) is 4.31 Å². The van der Waals surface area contributed by atoms with Crippen molar-refractivity contribution in [1.29, 1.82) is 0 Å². The third-order valence-electron chi connectivity index (χ3n) is 4.05. The summed E-state index contributed by atoms with van der Waals surface area (Å²) in [5, 5.41) is 2.78. The molecule has 0 aliphatic carbocycles. The smallest absolute Gasteiger partial charge is 0.243 e. The lowest BCUT2D eigenvalue weighted by molar-refractivity contribution is -0.118. The quantitative estimate of drug-likeness (QED) is 0.836. The van der Waals surface area contributed by atoms with Crippen LogP contribution in [0.4, 0.5) is 5.69 Å². The van der Waals surface area contributed by atoms with Gasteiger partial charge in [-0.2, -0.15) is 4.31 Å². The molecule has 0 saturated carbocycles. The van der Waals surface area contributed by atoms with Crippen LogP contribution in [0.25, 0.3) is 0 Å². The van der Waals surface area contributed by atoms with Crippen molar-refractivity contribution >= 4 is 21.6 Å². The van der Waals surface area contributed by atoms with E-state index in [1.54, 1.807) is 26.0 Å². The normalized spacial score (nSPS) is 16.2. The molecule has 0 unspecified atom stereocenters. The number of ether oxygens (including phenoxy) is 1. The lowest BCUT2D eigenvalue weighted by atomic mass is 10.2. The highest BCUT2D eigenvalue weighted by Crippen LogP contribution is 2.31. The average Bonchev–Trinajstić information content (AvgIpc) is 2.56. The first-order valence-electron chi connectivity index (χ1n) is 8.83. The van der Waals surface area contributed by atoms with E-state index in [0.29, 0.717) is 24.5 Å². The van der Waals surface area contributed by atoms with Crippen LogP contribution in [0.15, 0.2) is 23.1 Å². The number of benzene rings is 1. The molecule has 1 aliphatic heterocycles. The molecule has 140 valence electrons. The summed E-state index contributed by atoms with van der Waals surface area (Å²) in [6, 6.07) is 4.67. The zero-order chi connectivity index (χ0) is 18.6. The molecule has 0 atom stereocenters. The Balaban J connectivity index is 2.37. The van der Waals surface area contributed by atoms with Crippen molar-refractivity contribution in [2.75, 3.05) is 18.4 Å². The van der Waals surface area contributed by atoms with Gasteiger partial charge in [-0.25, -0.2) is 8.42 Å². The molecule has 1 amide bonds. The lowest BCUT2D eigenvalue weighted by Gasteiger charge is -2.26. The van der Waals surface area contributed by atoms with E-state index in [-0.39, 0.29) is 22.8 Å². The zero-order valence-electron chi connectivity index (χ0n) is 15.4. The number of rotatable bonds is 6. The molecule has 0 radical (unpaired) electrons. The van der Waals surface area contributed by atoms with Gasteiger partial charge in [-0.1, -0.05) is 20.3 Å². The average molecular weight is 368 g/mol. The van der Waals surface area contributed by atoms with Gasteiger partial charge in [-0.3, -0.25) is 4.79 Å². The molecule has 1 fully saturated rings. The Kier molecular flexibility index (Phi) is 6.46. The van der Waals surface area contributed by atoms with Gasteiger partial charge in [0.1, 0.15) is 5.75 Å². The first kappa shape index (κ1) is 19.7. The van der Waals surface area contributed by atoms with Gasteiger partial charge in [-0.15, -0.1) is 0 Å². The molecule has 1 saturated heterocycles. The van der Waals surface area contributed by atoms with Crippen molar-refractivity contribution in [2.24, 2.45) is 5.92 Å². The summed E-state index contributed by atoms with van der Waals surface area (Å²) in [7, 11) is -3.56. The molecule has 0 bridgehead atoms. The monoisotopic (exact) mass is 368 g/mol.